The van der Waals surface area contributed by atoms with Crippen molar-refractivity contribution < 1.29 is 9.53 Å². The van der Waals surface area contributed by atoms with Crippen molar-refractivity contribution in [2.24, 2.45) is 5.92 Å². The minimum atomic E-state index is -0.0991. The molecule has 144 valence electrons. The maximum absolute atomic E-state index is 12.8. The molecule has 5 nitrogen and oxygen atoms in total. The zero-order valence-electron chi connectivity index (χ0n) is 16.4. The number of nitrogens with one attached hydrogen (secondary N) is 1. The first-order valence-electron chi connectivity index (χ1n) is 10.1. The van der Waals surface area contributed by atoms with Crippen LogP contribution in [0.5, 0.6) is 5.75 Å². The van der Waals surface area contributed by atoms with E-state index < -0.39 is 0 Å². The minimum Gasteiger partial charge on any atom is -0.490 e. The van der Waals surface area contributed by atoms with E-state index in [-0.39, 0.29) is 5.91 Å². The van der Waals surface area contributed by atoms with Crippen LogP contribution in [0.4, 0.5) is 0 Å². The zero-order chi connectivity index (χ0) is 19.3. The molecule has 0 spiro atoms. The number of carbonyl (C=O) groups is 1. The molecule has 1 saturated carbocycles. The van der Waals surface area contributed by atoms with Gasteiger partial charge < -0.3 is 10.1 Å². The fourth-order valence-corrected chi connectivity index (χ4v) is 4.32. The van der Waals surface area contributed by atoms with Gasteiger partial charge in [0.15, 0.2) is 0 Å². The summed E-state index contributed by atoms with van der Waals surface area (Å²) < 4.78 is 7.98. The number of benzene rings is 1. The predicted octanol–water partition coefficient (Wildman–Crippen LogP) is 3.98. The molecule has 0 radical (unpaired) electrons. The molecule has 5 heteroatoms. The molecular weight excluding hydrogens is 350 g/mol. The van der Waals surface area contributed by atoms with Gasteiger partial charge in [-0.2, -0.15) is 0 Å². The highest BCUT2D eigenvalue weighted by Gasteiger charge is 2.33. The maximum Gasteiger partial charge on any atom is 0.270 e. The van der Waals surface area contributed by atoms with Crippen LogP contribution in [0.25, 0.3) is 5.65 Å². The average Bonchev–Trinajstić information content (AvgIpc) is 3.17. The molecule has 2 aliphatic rings. The number of carbonyl (C=O) groups excluding carboxylic acids is 1. The van der Waals surface area contributed by atoms with E-state index in [2.05, 4.69) is 22.4 Å². The Labute approximate surface area is 164 Å². The van der Waals surface area contributed by atoms with E-state index in [0.29, 0.717) is 18.3 Å². The third-order valence-corrected chi connectivity index (χ3v) is 6.12. The summed E-state index contributed by atoms with van der Waals surface area (Å²) in [7, 11) is 0. The van der Waals surface area contributed by atoms with Crippen LogP contribution in [0.15, 0.2) is 36.5 Å². The van der Waals surface area contributed by atoms with Gasteiger partial charge in [-0.25, -0.2) is 4.98 Å². The number of imidazole rings is 1. The molecule has 3 heterocycles. The smallest absolute Gasteiger partial charge is 0.270 e. The number of aryl methyl sites for hydroxylation is 2. The molecule has 1 aliphatic carbocycles. The highest BCUT2D eigenvalue weighted by atomic mass is 16.5. The summed E-state index contributed by atoms with van der Waals surface area (Å²) in [5.41, 5.74) is 5.65. The summed E-state index contributed by atoms with van der Waals surface area (Å²) >= 11 is 0. The van der Waals surface area contributed by atoms with Crippen molar-refractivity contribution in [2.75, 3.05) is 0 Å². The van der Waals surface area contributed by atoms with E-state index >= 15 is 0 Å². The predicted molar refractivity (Wildman–Crippen MR) is 108 cm³/mol. The van der Waals surface area contributed by atoms with Gasteiger partial charge in [0.2, 0.25) is 0 Å². The summed E-state index contributed by atoms with van der Waals surface area (Å²) in [5.74, 6) is 1.63. The van der Waals surface area contributed by atoms with E-state index in [1.54, 1.807) is 0 Å². The first kappa shape index (κ1) is 17.3. The highest BCUT2D eigenvalue weighted by Crippen LogP contribution is 2.39. The SMILES string of the molecule is Cc1ccn2c(C(=O)NCc3ccc4c(c3)CC(C3CCC3)O4)c(C)nc2c1. The normalized spacial score (nSPS) is 18.6. The third kappa shape index (κ3) is 2.95. The quantitative estimate of drug-likeness (QED) is 0.750. The Balaban J connectivity index is 1.30. The van der Waals surface area contributed by atoms with Crippen LogP contribution >= 0.6 is 0 Å². The number of fused-ring (bicyclic) bond motifs is 2. The number of hydrogen-bond donors (Lipinski definition) is 1. The molecule has 5 rings (SSSR count). The van der Waals surface area contributed by atoms with E-state index in [0.717, 1.165) is 40.6 Å². The summed E-state index contributed by atoms with van der Waals surface area (Å²) in [6.07, 6.45) is 7.17. The minimum absolute atomic E-state index is 0.0991. The molecule has 1 aliphatic heterocycles. The Morgan fingerprint density at radius 2 is 2.11 bits per heavy atom. The van der Waals surface area contributed by atoms with Crippen LogP contribution in [0.2, 0.25) is 0 Å². The standard InChI is InChI=1S/C23H25N3O2/c1-14-8-9-26-21(10-14)25-15(2)22(26)23(27)24-13-16-6-7-19-18(11-16)12-20(28-19)17-4-3-5-17/h6-11,17,20H,3-5,12-13H2,1-2H3,(H,24,27). The molecule has 2 aromatic heterocycles. The largest absolute Gasteiger partial charge is 0.490 e. The van der Waals surface area contributed by atoms with Gasteiger partial charge in [0.05, 0.1) is 5.69 Å². The third-order valence-electron chi connectivity index (χ3n) is 6.12. The number of ether oxygens (including phenoxy) is 1. The average molecular weight is 375 g/mol. The van der Waals surface area contributed by atoms with Crippen molar-refractivity contribution in [3.8, 4) is 5.75 Å². The second-order valence-corrected chi connectivity index (χ2v) is 8.15. The van der Waals surface area contributed by atoms with Crippen LogP contribution in [0.1, 0.15) is 52.1 Å². The lowest BCUT2D eigenvalue weighted by molar-refractivity contribution is 0.0944. The van der Waals surface area contributed by atoms with Crippen LogP contribution in [0.3, 0.4) is 0 Å². The van der Waals surface area contributed by atoms with E-state index in [4.69, 9.17) is 4.74 Å². The van der Waals surface area contributed by atoms with Crippen molar-refractivity contribution in [3.05, 3.63) is 64.6 Å². The molecule has 3 aromatic rings. The second-order valence-electron chi connectivity index (χ2n) is 8.15. The number of nitrogens with zero attached hydrogens (tertiary/aromatic N) is 2. The molecule has 0 bridgehead atoms. The summed E-state index contributed by atoms with van der Waals surface area (Å²) in [5, 5.41) is 3.06. The Morgan fingerprint density at radius 1 is 1.25 bits per heavy atom. The molecule has 1 aromatic carbocycles. The number of rotatable bonds is 4. The molecule has 1 atom stereocenters. The van der Waals surface area contributed by atoms with Gasteiger partial charge in [0.25, 0.3) is 5.91 Å². The number of aromatic nitrogens is 2. The molecule has 1 fully saturated rings. The van der Waals surface area contributed by atoms with Gasteiger partial charge in [-0.3, -0.25) is 9.20 Å². The van der Waals surface area contributed by atoms with Gasteiger partial charge in [-0.1, -0.05) is 18.6 Å². The van der Waals surface area contributed by atoms with Crippen LogP contribution in [-0.4, -0.2) is 21.4 Å². The topological polar surface area (TPSA) is 55.6 Å². The number of amides is 1. The molecule has 1 unspecified atom stereocenters. The van der Waals surface area contributed by atoms with Crippen molar-refractivity contribution in [2.45, 2.75) is 52.2 Å². The fourth-order valence-electron chi connectivity index (χ4n) is 4.32. The molecule has 1 amide bonds. The molecule has 0 saturated heterocycles. The highest BCUT2D eigenvalue weighted by molar-refractivity contribution is 5.94. The summed E-state index contributed by atoms with van der Waals surface area (Å²) in [4.78, 5) is 17.3. The lowest BCUT2D eigenvalue weighted by atomic mass is 9.80. The van der Waals surface area contributed by atoms with Crippen LogP contribution in [-0.2, 0) is 13.0 Å². The van der Waals surface area contributed by atoms with Crippen molar-refractivity contribution >= 4 is 11.6 Å². The Kier molecular flexibility index (Phi) is 4.11. The first-order valence-corrected chi connectivity index (χ1v) is 10.1. The van der Waals surface area contributed by atoms with Gasteiger partial charge in [0.1, 0.15) is 23.2 Å². The van der Waals surface area contributed by atoms with E-state index in [9.17, 15) is 4.79 Å². The van der Waals surface area contributed by atoms with Gasteiger partial charge in [0, 0.05) is 19.2 Å². The monoisotopic (exact) mass is 375 g/mol. The molecule has 28 heavy (non-hydrogen) atoms. The Morgan fingerprint density at radius 3 is 2.89 bits per heavy atom. The van der Waals surface area contributed by atoms with Gasteiger partial charge in [-0.05, 0) is 67.5 Å². The molecular formula is C23H25N3O2. The van der Waals surface area contributed by atoms with Crippen LogP contribution < -0.4 is 10.1 Å². The maximum atomic E-state index is 12.8. The number of pyridine rings is 1. The first-order chi connectivity index (χ1) is 13.6. The molecule has 1 N–H and O–H groups in total. The van der Waals surface area contributed by atoms with Gasteiger partial charge >= 0.3 is 0 Å². The van der Waals surface area contributed by atoms with Crippen LogP contribution in [0, 0.1) is 19.8 Å². The lowest BCUT2D eigenvalue weighted by Crippen LogP contribution is -2.30. The van der Waals surface area contributed by atoms with Crippen molar-refractivity contribution in [3.63, 3.8) is 0 Å². The fraction of sp³-hybridized carbons (Fsp3) is 0.391. The van der Waals surface area contributed by atoms with E-state index in [1.165, 1.54) is 24.8 Å². The van der Waals surface area contributed by atoms with E-state index in [1.807, 2.05) is 42.6 Å². The van der Waals surface area contributed by atoms with Gasteiger partial charge in [-0.15, -0.1) is 0 Å². The Bertz CT molecular complexity index is 1070. The lowest BCUT2D eigenvalue weighted by Gasteiger charge is -2.30. The Hall–Kier alpha value is -2.82. The van der Waals surface area contributed by atoms with Crippen molar-refractivity contribution in [1.82, 2.24) is 14.7 Å². The number of hydrogen-bond acceptors (Lipinski definition) is 3. The van der Waals surface area contributed by atoms with Crippen molar-refractivity contribution in [1.29, 1.82) is 0 Å². The zero-order valence-corrected chi connectivity index (χ0v) is 16.4. The summed E-state index contributed by atoms with van der Waals surface area (Å²) in [6.45, 7) is 4.40. The second kappa shape index (κ2) is 6.66. The summed E-state index contributed by atoms with van der Waals surface area (Å²) in [6, 6.07) is 10.3.